The number of hydrogen-bond donors (Lipinski definition) is 0. The first-order valence-electron chi connectivity index (χ1n) is 9.60. The molecule has 2 aromatic rings. The van der Waals surface area contributed by atoms with Gasteiger partial charge in [-0.25, -0.2) is 0 Å². The van der Waals surface area contributed by atoms with Crippen molar-refractivity contribution in [3.05, 3.63) is 60.7 Å². The first-order chi connectivity index (χ1) is 13.7. The Balaban J connectivity index is 1.33. The zero-order valence-corrected chi connectivity index (χ0v) is 15.8. The summed E-state index contributed by atoms with van der Waals surface area (Å²) in [6, 6.07) is 19.1. The number of hydrogen-bond acceptors (Lipinski definition) is 4. The Labute approximate surface area is 164 Å². The van der Waals surface area contributed by atoms with E-state index in [1.807, 2.05) is 65.6 Å². The minimum atomic E-state index is -0.486. The molecule has 0 aromatic heterocycles. The molecule has 6 heteroatoms. The van der Waals surface area contributed by atoms with Gasteiger partial charge in [0, 0.05) is 12.2 Å². The normalized spacial score (nSPS) is 21.9. The number of benzene rings is 2. The summed E-state index contributed by atoms with van der Waals surface area (Å²) in [4.78, 5) is 28.5. The molecule has 0 aliphatic carbocycles. The van der Waals surface area contributed by atoms with Gasteiger partial charge >= 0.3 is 0 Å². The van der Waals surface area contributed by atoms with Crippen LogP contribution in [-0.2, 0) is 14.3 Å². The van der Waals surface area contributed by atoms with Crippen LogP contribution in [0.1, 0.15) is 12.8 Å². The molecule has 146 valence electrons. The average Bonchev–Trinajstić information content (AvgIpc) is 3.15. The molecule has 1 spiro atoms. The van der Waals surface area contributed by atoms with E-state index in [9.17, 15) is 9.59 Å². The molecule has 2 heterocycles. The van der Waals surface area contributed by atoms with Crippen LogP contribution in [0.5, 0.6) is 5.75 Å². The van der Waals surface area contributed by atoms with Crippen molar-refractivity contribution in [2.75, 3.05) is 37.7 Å². The predicted molar refractivity (Wildman–Crippen MR) is 105 cm³/mol. The first kappa shape index (κ1) is 18.5. The summed E-state index contributed by atoms with van der Waals surface area (Å²) in [5.41, 5.74) is 0.385. The number of rotatable bonds is 5. The van der Waals surface area contributed by atoms with E-state index in [0.29, 0.717) is 32.7 Å². The third kappa shape index (κ3) is 4.02. The predicted octanol–water partition coefficient (Wildman–Crippen LogP) is 2.49. The summed E-state index contributed by atoms with van der Waals surface area (Å²) in [5, 5.41) is 0. The molecule has 2 amide bonds. The fraction of sp³-hybridized carbons (Fsp3) is 0.364. The maximum absolute atomic E-state index is 12.6. The van der Waals surface area contributed by atoms with Crippen molar-refractivity contribution in [2.24, 2.45) is 0 Å². The van der Waals surface area contributed by atoms with Gasteiger partial charge in [0.05, 0.1) is 26.1 Å². The number of carbonyl (C=O) groups excluding carboxylic acids is 2. The minimum Gasteiger partial charge on any atom is -0.493 e. The van der Waals surface area contributed by atoms with Gasteiger partial charge in [0.2, 0.25) is 5.91 Å². The lowest BCUT2D eigenvalue weighted by Gasteiger charge is -2.40. The second-order valence-electron chi connectivity index (χ2n) is 7.26. The fourth-order valence-corrected chi connectivity index (χ4v) is 3.79. The molecule has 0 radical (unpaired) electrons. The SMILES string of the molecule is O=C(CCOc1ccccc1)N1CCC2(C1)CN(c1ccccc1)C(=O)CO2. The van der Waals surface area contributed by atoms with Gasteiger partial charge in [0.1, 0.15) is 18.0 Å². The van der Waals surface area contributed by atoms with E-state index >= 15 is 0 Å². The van der Waals surface area contributed by atoms with Crippen LogP contribution in [-0.4, -0.2) is 55.2 Å². The van der Waals surface area contributed by atoms with Gasteiger partial charge in [-0.3, -0.25) is 9.59 Å². The second-order valence-corrected chi connectivity index (χ2v) is 7.26. The van der Waals surface area contributed by atoms with Crippen molar-refractivity contribution in [2.45, 2.75) is 18.4 Å². The summed E-state index contributed by atoms with van der Waals surface area (Å²) >= 11 is 0. The Bertz CT molecular complexity index is 827. The van der Waals surface area contributed by atoms with Crippen molar-refractivity contribution < 1.29 is 19.1 Å². The highest BCUT2D eigenvalue weighted by Gasteiger charge is 2.46. The molecule has 0 bridgehead atoms. The molecule has 4 rings (SSSR count). The molecule has 1 atom stereocenters. The summed E-state index contributed by atoms with van der Waals surface area (Å²) in [6.45, 7) is 2.02. The van der Waals surface area contributed by atoms with Gasteiger partial charge in [0.15, 0.2) is 0 Å². The van der Waals surface area contributed by atoms with Crippen LogP contribution < -0.4 is 9.64 Å². The molecule has 28 heavy (non-hydrogen) atoms. The lowest BCUT2D eigenvalue weighted by molar-refractivity contribution is -0.139. The Kier molecular flexibility index (Phi) is 5.30. The topological polar surface area (TPSA) is 59.1 Å². The van der Waals surface area contributed by atoms with E-state index in [1.54, 1.807) is 4.90 Å². The van der Waals surface area contributed by atoms with E-state index in [0.717, 1.165) is 17.9 Å². The van der Waals surface area contributed by atoms with E-state index < -0.39 is 5.60 Å². The van der Waals surface area contributed by atoms with Gasteiger partial charge in [-0.05, 0) is 30.7 Å². The van der Waals surface area contributed by atoms with Crippen LogP contribution in [0.15, 0.2) is 60.7 Å². The summed E-state index contributed by atoms with van der Waals surface area (Å²) < 4.78 is 11.6. The zero-order chi connectivity index (χ0) is 19.4. The highest BCUT2D eigenvalue weighted by molar-refractivity contribution is 5.95. The van der Waals surface area contributed by atoms with Crippen LogP contribution in [0.4, 0.5) is 5.69 Å². The second kappa shape index (κ2) is 8.02. The van der Waals surface area contributed by atoms with Gasteiger partial charge in [0.25, 0.3) is 5.91 Å². The average molecular weight is 380 g/mol. The summed E-state index contributed by atoms with van der Waals surface area (Å²) in [5.74, 6) is 0.776. The van der Waals surface area contributed by atoms with E-state index in [4.69, 9.17) is 9.47 Å². The number of nitrogens with zero attached hydrogens (tertiary/aromatic N) is 2. The van der Waals surface area contributed by atoms with Crippen molar-refractivity contribution >= 4 is 17.5 Å². The Morgan fingerprint density at radius 3 is 2.50 bits per heavy atom. The van der Waals surface area contributed by atoms with Crippen molar-refractivity contribution in [3.8, 4) is 5.75 Å². The molecule has 2 fully saturated rings. The lowest BCUT2D eigenvalue weighted by atomic mass is 10.00. The van der Waals surface area contributed by atoms with E-state index in [1.165, 1.54) is 0 Å². The Hall–Kier alpha value is -2.86. The monoisotopic (exact) mass is 380 g/mol. The number of para-hydroxylation sites is 2. The van der Waals surface area contributed by atoms with Gasteiger partial charge in [-0.1, -0.05) is 36.4 Å². The summed E-state index contributed by atoms with van der Waals surface area (Å²) in [6.07, 6.45) is 1.06. The van der Waals surface area contributed by atoms with E-state index in [2.05, 4.69) is 0 Å². The molecule has 0 saturated carbocycles. The van der Waals surface area contributed by atoms with Crippen LogP contribution in [0.3, 0.4) is 0 Å². The molecular formula is C22H24N2O4. The molecule has 2 aromatic carbocycles. The lowest BCUT2D eigenvalue weighted by Crippen LogP contribution is -2.56. The molecule has 6 nitrogen and oxygen atoms in total. The van der Waals surface area contributed by atoms with E-state index in [-0.39, 0.29) is 18.4 Å². The van der Waals surface area contributed by atoms with Crippen LogP contribution >= 0.6 is 0 Å². The van der Waals surface area contributed by atoms with Crippen LogP contribution in [0.2, 0.25) is 0 Å². The van der Waals surface area contributed by atoms with Crippen molar-refractivity contribution in [1.29, 1.82) is 0 Å². The minimum absolute atomic E-state index is 0.0436. The number of ether oxygens (including phenoxy) is 2. The smallest absolute Gasteiger partial charge is 0.253 e. The van der Waals surface area contributed by atoms with Crippen LogP contribution in [0.25, 0.3) is 0 Å². The quantitative estimate of drug-likeness (QED) is 0.800. The van der Waals surface area contributed by atoms with Gasteiger partial charge in [-0.15, -0.1) is 0 Å². The third-order valence-corrected chi connectivity index (χ3v) is 5.31. The highest BCUT2D eigenvalue weighted by atomic mass is 16.5. The molecule has 2 aliphatic heterocycles. The first-order valence-corrected chi connectivity index (χ1v) is 9.60. The fourth-order valence-electron chi connectivity index (χ4n) is 3.79. The molecule has 0 N–H and O–H groups in total. The molecule has 2 saturated heterocycles. The standard InChI is InChI=1S/C22H24N2O4/c25-20(11-14-27-19-9-5-2-6-10-19)23-13-12-22(16-23)17-24(21(26)15-28-22)18-7-3-1-4-8-18/h1-10H,11-17H2. The Morgan fingerprint density at radius 1 is 1.04 bits per heavy atom. The molecular weight excluding hydrogens is 356 g/mol. The maximum atomic E-state index is 12.6. The summed E-state index contributed by atoms with van der Waals surface area (Å²) in [7, 11) is 0. The number of amides is 2. The number of morpholine rings is 1. The van der Waals surface area contributed by atoms with Gasteiger partial charge < -0.3 is 19.3 Å². The number of carbonyl (C=O) groups is 2. The largest absolute Gasteiger partial charge is 0.493 e. The van der Waals surface area contributed by atoms with Crippen molar-refractivity contribution in [1.82, 2.24) is 4.90 Å². The number of anilines is 1. The van der Waals surface area contributed by atoms with Gasteiger partial charge in [-0.2, -0.15) is 0 Å². The molecule has 1 unspecified atom stereocenters. The zero-order valence-electron chi connectivity index (χ0n) is 15.8. The highest BCUT2D eigenvalue weighted by Crippen LogP contribution is 2.32. The van der Waals surface area contributed by atoms with Crippen LogP contribution in [0, 0.1) is 0 Å². The van der Waals surface area contributed by atoms with Crippen molar-refractivity contribution in [3.63, 3.8) is 0 Å². The molecule has 2 aliphatic rings. The maximum Gasteiger partial charge on any atom is 0.253 e. The Morgan fingerprint density at radius 2 is 1.75 bits per heavy atom. The number of likely N-dealkylation sites (tertiary alicyclic amines) is 1. The third-order valence-electron chi connectivity index (χ3n) is 5.31.